The molecule has 1 aliphatic rings. The van der Waals surface area contributed by atoms with Crippen molar-refractivity contribution in [3.05, 3.63) is 60.7 Å². The van der Waals surface area contributed by atoms with Gasteiger partial charge >= 0.3 is 0 Å². The van der Waals surface area contributed by atoms with Crippen molar-refractivity contribution in [2.75, 3.05) is 13.7 Å². The molecule has 2 aromatic carbocycles. The Balaban J connectivity index is 2.01. The van der Waals surface area contributed by atoms with E-state index in [0.29, 0.717) is 13.0 Å². The summed E-state index contributed by atoms with van der Waals surface area (Å²) in [6, 6.07) is 21.1. The molecule has 1 heterocycles. The number of benzene rings is 2. The highest BCUT2D eigenvalue weighted by molar-refractivity contribution is 6.99. The van der Waals surface area contributed by atoms with Crippen LogP contribution in [0.4, 0.5) is 0 Å². The van der Waals surface area contributed by atoms with Crippen LogP contribution in [0.15, 0.2) is 60.7 Å². The maximum absolute atomic E-state index is 10.6. The van der Waals surface area contributed by atoms with Gasteiger partial charge in [0.15, 0.2) is 5.79 Å². The van der Waals surface area contributed by atoms with Crippen molar-refractivity contribution in [3.63, 3.8) is 0 Å². The Labute approximate surface area is 200 Å². The summed E-state index contributed by atoms with van der Waals surface area (Å²) in [7, 11) is -1.10. The summed E-state index contributed by atoms with van der Waals surface area (Å²) in [5.74, 6) is -0.783. The zero-order valence-corrected chi connectivity index (χ0v) is 22.1. The van der Waals surface area contributed by atoms with Crippen LogP contribution in [0.25, 0.3) is 0 Å². The first-order valence-electron chi connectivity index (χ1n) is 11.9. The molecule has 0 saturated carbocycles. The summed E-state index contributed by atoms with van der Waals surface area (Å²) in [6.07, 6.45) is -1.37. The molecule has 33 heavy (non-hydrogen) atoms. The lowest BCUT2D eigenvalue weighted by Crippen LogP contribution is -2.67. The topological polar surface area (TPSA) is 57.2 Å². The Morgan fingerprint density at radius 3 is 1.91 bits per heavy atom. The molecule has 3 unspecified atom stereocenters. The molecule has 2 aromatic rings. The van der Waals surface area contributed by atoms with E-state index in [2.05, 4.69) is 69.3 Å². The molecule has 5 nitrogen and oxygen atoms in total. The van der Waals surface area contributed by atoms with Crippen molar-refractivity contribution in [3.8, 4) is 0 Å². The molecule has 182 valence electrons. The summed E-state index contributed by atoms with van der Waals surface area (Å²) in [5, 5.41) is 12.9. The molecule has 1 saturated heterocycles. The van der Waals surface area contributed by atoms with E-state index in [9.17, 15) is 5.11 Å². The van der Waals surface area contributed by atoms with Crippen molar-refractivity contribution in [1.29, 1.82) is 0 Å². The number of ether oxygens (including phenoxy) is 3. The van der Waals surface area contributed by atoms with Gasteiger partial charge in [-0.1, -0.05) is 88.4 Å². The number of hydrogen-bond acceptors (Lipinski definition) is 5. The fourth-order valence-electron chi connectivity index (χ4n) is 4.98. The second-order valence-corrected chi connectivity index (χ2v) is 14.6. The summed E-state index contributed by atoms with van der Waals surface area (Å²) in [5.41, 5.74) is 0. The van der Waals surface area contributed by atoms with E-state index in [1.807, 2.05) is 32.9 Å². The van der Waals surface area contributed by atoms with Crippen LogP contribution in [-0.2, 0) is 18.6 Å². The predicted molar refractivity (Wildman–Crippen MR) is 134 cm³/mol. The molecular formula is C27H40O5Si. The molecule has 0 amide bonds. The van der Waals surface area contributed by atoms with Crippen LogP contribution >= 0.6 is 0 Å². The van der Waals surface area contributed by atoms with Crippen LogP contribution in [0.1, 0.15) is 48.0 Å². The molecule has 0 radical (unpaired) electrons. The second kappa shape index (κ2) is 10.4. The van der Waals surface area contributed by atoms with E-state index in [1.54, 1.807) is 7.11 Å². The minimum atomic E-state index is -2.71. The standard InChI is InChI=1S/C27H40O5Si/c1-8-22(28)24(29-7)25-23(31-27(5,6)32-25)19-30-33(26(2,3)4,20-15-11-9-12-16-20)21-17-13-10-14-18-21/h9-18,22-25,28H,8,19H2,1-7H3/t22-,23?,24?,25?/m0/s1. The molecule has 0 spiro atoms. The van der Waals surface area contributed by atoms with Gasteiger partial charge in [-0.25, -0.2) is 0 Å². The lowest BCUT2D eigenvalue weighted by molar-refractivity contribution is -0.166. The van der Waals surface area contributed by atoms with Gasteiger partial charge in [0.05, 0.1) is 12.7 Å². The molecule has 3 rings (SSSR count). The van der Waals surface area contributed by atoms with Gasteiger partial charge in [-0.05, 0) is 35.7 Å². The Kier molecular flexibility index (Phi) is 8.20. The Hall–Kier alpha value is -1.54. The number of methoxy groups -OCH3 is 1. The fourth-order valence-corrected chi connectivity index (χ4v) is 9.55. The monoisotopic (exact) mass is 472 g/mol. The first-order valence-corrected chi connectivity index (χ1v) is 13.8. The van der Waals surface area contributed by atoms with E-state index < -0.39 is 32.4 Å². The number of aliphatic hydroxyl groups is 1. The van der Waals surface area contributed by atoms with Crippen LogP contribution in [0.2, 0.25) is 5.04 Å². The summed E-state index contributed by atoms with van der Waals surface area (Å²) in [4.78, 5) is 0. The summed E-state index contributed by atoms with van der Waals surface area (Å²) >= 11 is 0. The fraction of sp³-hybridized carbons (Fsp3) is 0.556. The third-order valence-corrected chi connectivity index (χ3v) is 11.5. The molecule has 4 atom stereocenters. The van der Waals surface area contributed by atoms with Gasteiger partial charge < -0.3 is 23.7 Å². The van der Waals surface area contributed by atoms with E-state index in [1.165, 1.54) is 10.4 Å². The molecule has 0 aliphatic carbocycles. The van der Waals surface area contributed by atoms with Crippen molar-refractivity contribution in [2.45, 2.75) is 83.2 Å². The van der Waals surface area contributed by atoms with Crippen molar-refractivity contribution in [2.24, 2.45) is 0 Å². The maximum atomic E-state index is 10.6. The van der Waals surface area contributed by atoms with Gasteiger partial charge in [0, 0.05) is 7.11 Å². The van der Waals surface area contributed by atoms with Gasteiger partial charge in [-0.3, -0.25) is 0 Å². The van der Waals surface area contributed by atoms with Crippen LogP contribution in [-0.4, -0.2) is 57.3 Å². The number of hydrogen-bond donors (Lipinski definition) is 1. The van der Waals surface area contributed by atoms with Gasteiger partial charge in [0.2, 0.25) is 0 Å². The van der Waals surface area contributed by atoms with Gasteiger partial charge in [-0.15, -0.1) is 0 Å². The molecular weight excluding hydrogens is 432 g/mol. The zero-order valence-electron chi connectivity index (χ0n) is 21.1. The van der Waals surface area contributed by atoms with Gasteiger partial charge in [0.1, 0.15) is 18.3 Å². The highest BCUT2D eigenvalue weighted by Crippen LogP contribution is 2.38. The Morgan fingerprint density at radius 2 is 1.48 bits per heavy atom. The number of aliphatic hydroxyl groups excluding tert-OH is 1. The molecule has 1 fully saturated rings. The van der Waals surface area contributed by atoms with Gasteiger partial charge in [-0.2, -0.15) is 0 Å². The minimum absolute atomic E-state index is 0.135. The first-order chi connectivity index (χ1) is 15.6. The molecule has 0 bridgehead atoms. The highest BCUT2D eigenvalue weighted by Gasteiger charge is 2.53. The van der Waals surface area contributed by atoms with Gasteiger partial charge in [0.25, 0.3) is 8.32 Å². The SMILES string of the molecule is CC[C@H](O)C(OC)C1OC(C)(C)OC1CO[Si](c1ccccc1)(c1ccccc1)C(C)(C)C. The maximum Gasteiger partial charge on any atom is 0.261 e. The Morgan fingerprint density at radius 1 is 0.970 bits per heavy atom. The lowest BCUT2D eigenvalue weighted by atomic mass is 10.0. The lowest BCUT2D eigenvalue weighted by Gasteiger charge is -2.43. The van der Waals surface area contributed by atoms with Crippen molar-refractivity contribution in [1.82, 2.24) is 0 Å². The minimum Gasteiger partial charge on any atom is -0.405 e. The second-order valence-electron chi connectivity index (χ2n) is 10.3. The third kappa shape index (κ3) is 5.42. The zero-order chi connectivity index (χ0) is 24.3. The first kappa shape index (κ1) is 26.1. The molecule has 1 N–H and O–H groups in total. The summed E-state index contributed by atoms with van der Waals surface area (Å²) < 4.78 is 25.3. The van der Waals surface area contributed by atoms with Crippen molar-refractivity contribution < 1.29 is 23.7 Å². The van der Waals surface area contributed by atoms with E-state index in [4.69, 9.17) is 18.6 Å². The average Bonchev–Trinajstić information content (AvgIpc) is 3.09. The third-order valence-electron chi connectivity index (χ3n) is 6.50. The van der Waals surface area contributed by atoms with E-state index in [0.717, 1.165) is 0 Å². The average molecular weight is 473 g/mol. The largest absolute Gasteiger partial charge is 0.405 e. The molecule has 6 heteroatoms. The predicted octanol–water partition coefficient (Wildman–Crippen LogP) is 3.87. The van der Waals surface area contributed by atoms with Crippen LogP contribution in [0, 0.1) is 0 Å². The Bertz CT molecular complexity index is 826. The highest BCUT2D eigenvalue weighted by atomic mass is 28.4. The van der Waals surface area contributed by atoms with Crippen LogP contribution in [0.5, 0.6) is 0 Å². The van der Waals surface area contributed by atoms with Crippen LogP contribution in [0.3, 0.4) is 0 Å². The van der Waals surface area contributed by atoms with E-state index in [-0.39, 0.29) is 11.1 Å². The molecule has 0 aromatic heterocycles. The van der Waals surface area contributed by atoms with Crippen LogP contribution < -0.4 is 10.4 Å². The molecule has 1 aliphatic heterocycles. The normalized spacial score (nSPS) is 22.8. The smallest absolute Gasteiger partial charge is 0.261 e. The van der Waals surface area contributed by atoms with E-state index >= 15 is 0 Å². The number of rotatable bonds is 9. The quantitative estimate of drug-likeness (QED) is 0.562. The summed E-state index contributed by atoms with van der Waals surface area (Å²) in [6.45, 7) is 12.8. The van der Waals surface area contributed by atoms with Crippen molar-refractivity contribution >= 4 is 18.7 Å².